The van der Waals surface area contributed by atoms with Gasteiger partial charge in [0, 0.05) is 31.8 Å². The van der Waals surface area contributed by atoms with E-state index in [9.17, 15) is 14.7 Å². The number of carbonyl (C=O) groups excluding carboxylic acids is 2. The Morgan fingerprint density at radius 3 is 2.50 bits per heavy atom. The van der Waals surface area contributed by atoms with E-state index in [1.54, 1.807) is 25.6 Å². The highest BCUT2D eigenvalue weighted by Gasteiger charge is 2.38. The van der Waals surface area contributed by atoms with E-state index in [0.29, 0.717) is 19.6 Å². The SMILES string of the molecule is CSCCOCCC(C)(C)OCCC(C)(C)C(=O)ON1C(=O)CCC1O. The number of amides is 1. The number of aliphatic hydroxyl groups excluding tert-OH is 1. The summed E-state index contributed by atoms with van der Waals surface area (Å²) in [5.41, 5.74) is -1.17. The first kappa shape index (κ1) is 23.2. The highest BCUT2D eigenvalue weighted by atomic mass is 32.2. The van der Waals surface area contributed by atoms with E-state index in [4.69, 9.17) is 14.3 Å². The Kier molecular flexibility index (Phi) is 9.36. The Balaban J connectivity index is 2.34. The van der Waals surface area contributed by atoms with E-state index in [2.05, 4.69) is 0 Å². The fraction of sp³-hybridized carbons (Fsp3) is 0.889. The molecule has 0 aliphatic carbocycles. The van der Waals surface area contributed by atoms with Gasteiger partial charge >= 0.3 is 5.97 Å². The minimum atomic E-state index is -1.05. The van der Waals surface area contributed by atoms with Crippen molar-refractivity contribution in [2.24, 2.45) is 5.41 Å². The van der Waals surface area contributed by atoms with E-state index in [1.807, 2.05) is 20.1 Å². The van der Waals surface area contributed by atoms with Crippen LogP contribution in [0.25, 0.3) is 0 Å². The lowest BCUT2D eigenvalue weighted by molar-refractivity contribution is -0.228. The number of hydrogen-bond acceptors (Lipinski definition) is 7. The van der Waals surface area contributed by atoms with Crippen molar-refractivity contribution in [2.75, 3.05) is 31.8 Å². The molecule has 1 N–H and O–H groups in total. The van der Waals surface area contributed by atoms with Crippen LogP contribution in [0.5, 0.6) is 0 Å². The second kappa shape index (κ2) is 10.5. The van der Waals surface area contributed by atoms with Crippen LogP contribution in [0.4, 0.5) is 0 Å². The molecule has 1 saturated heterocycles. The Hall–Kier alpha value is -0.830. The van der Waals surface area contributed by atoms with Gasteiger partial charge in [0.2, 0.25) is 0 Å². The van der Waals surface area contributed by atoms with Crippen LogP contribution >= 0.6 is 11.8 Å². The third-order valence-electron chi connectivity index (χ3n) is 4.37. The number of ether oxygens (including phenoxy) is 2. The lowest BCUT2D eigenvalue weighted by Gasteiger charge is -2.29. The van der Waals surface area contributed by atoms with Gasteiger partial charge in [-0.05, 0) is 46.8 Å². The molecule has 0 radical (unpaired) electrons. The molecule has 0 bridgehead atoms. The molecule has 1 amide bonds. The first-order valence-corrected chi connectivity index (χ1v) is 10.4. The van der Waals surface area contributed by atoms with Crippen molar-refractivity contribution in [1.29, 1.82) is 0 Å². The van der Waals surface area contributed by atoms with Crippen LogP contribution in [-0.4, -0.2) is 65.7 Å². The molecule has 0 aromatic heterocycles. The first-order chi connectivity index (χ1) is 12.1. The Bertz CT molecular complexity index is 469. The number of thioether (sulfide) groups is 1. The largest absolute Gasteiger partial charge is 0.380 e. The lowest BCUT2D eigenvalue weighted by Crippen LogP contribution is -2.40. The van der Waals surface area contributed by atoms with E-state index in [1.165, 1.54) is 0 Å². The third-order valence-corrected chi connectivity index (χ3v) is 4.94. The second-order valence-electron chi connectivity index (χ2n) is 7.71. The zero-order valence-electron chi connectivity index (χ0n) is 16.6. The van der Waals surface area contributed by atoms with E-state index < -0.39 is 17.6 Å². The fourth-order valence-corrected chi connectivity index (χ4v) is 2.57. The molecule has 1 aliphatic rings. The normalized spacial score (nSPS) is 18.5. The molecule has 1 aliphatic heterocycles. The Morgan fingerprint density at radius 2 is 1.92 bits per heavy atom. The maximum atomic E-state index is 12.3. The summed E-state index contributed by atoms with van der Waals surface area (Å²) in [6.07, 6.45) is 2.67. The van der Waals surface area contributed by atoms with Crippen LogP contribution < -0.4 is 0 Å². The van der Waals surface area contributed by atoms with Crippen molar-refractivity contribution in [3.8, 4) is 0 Å². The van der Waals surface area contributed by atoms with Gasteiger partial charge in [0.15, 0.2) is 6.23 Å². The molecule has 1 atom stereocenters. The van der Waals surface area contributed by atoms with Gasteiger partial charge in [0.05, 0.1) is 17.6 Å². The summed E-state index contributed by atoms with van der Waals surface area (Å²) < 4.78 is 11.5. The summed E-state index contributed by atoms with van der Waals surface area (Å²) in [6, 6.07) is 0. The first-order valence-electron chi connectivity index (χ1n) is 9.02. The molecule has 1 fully saturated rings. The highest BCUT2D eigenvalue weighted by molar-refractivity contribution is 7.98. The van der Waals surface area contributed by atoms with E-state index in [0.717, 1.165) is 23.8 Å². The van der Waals surface area contributed by atoms with Crippen molar-refractivity contribution in [3.05, 3.63) is 0 Å². The molecule has 1 unspecified atom stereocenters. The van der Waals surface area contributed by atoms with Crippen molar-refractivity contribution in [1.82, 2.24) is 5.06 Å². The molecule has 7 nitrogen and oxygen atoms in total. The third kappa shape index (κ3) is 7.82. The lowest BCUT2D eigenvalue weighted by atomic mass is 9.90. The fourth-order valence-electron chi connectivity index (χ4n) is 2.29. The van der Waals surface area contributed by atoms with E-state index in [-0.39, 0.29) is 24.3 Å². The van der Waals surface area contributed by atoms with Crippen molar-refractivity contribution >= 4 is 23.6 Å². The molecule has 8 heteroatoms. The molecule has 1 heterocycles. The number of aliphatic hydroxyl groups is 1. The van der Waals surface area contributed by atoms with Crippen molar-refractivity contribution < 1.29 is 29.0 Å². The average Bonchev–Trinajstić information content (AvgIpc) is 2.86. The van der Waals surface area contributed by atoms with Crippen molar-refractivity contribution in [2.45, 2.75) is 65.2 Å². The molecular formula is C18H33NO6S. The highest BCUT2D eigenvalue weighted by Crippen LogP contribution is 2.27. The minimum Gasteiger partial charge on any atom is -0.380 e. The van der Waals surface area contributed by atoms with Gasteiger partial charge in [-0.2, -0.15) is 11.8 Å². The molecular weight excluding hydrogens is 358 g/mol. The summed E-state index contributed by atoms with van der Waals surface area (Å²) in [7, 11) is 0. The summed E-state index contributed by atoms with van der Waals surface area (Å²) in [5.74, 6) is 0.0559. The molecule has 1 rings (SSSR count). The zero-order chi connectivity index (χ0) is 19.8. The Morgan fingerprint density at radius 1 is 1.23 bits per heavy atom. The molecule has 0 saturated carbocycles. The predicted octanol–water partition coefficient (Wildman–Crippen LogP) is 2.37. The van der Waals surface area contributed by atoms with Crippen LogP contribution in [0.15, 0.2) is 0 Å². The maximum absolute atomic E-state index is 12.3. The molecule has 0 aromatic rings. The van der Waals surface area contributed by atoms with Crippen LogP contribution in [0, 0.1) is 5.41 Å². The van der Waals surface area contributed by atoms with Crippen molar-refractivity contribution in [3.63, 3.8) is 0 Å². The van der Waals surface area contributed by atoms with Gasteiger partial charge in [-0.3, -0.25) is 4.79 Å². The number of hydrogen-bond donors (Lipinski definition) is 1. The average molecular weight is 392 g/mol. The zero-order valence-corrected chi connectivity index (χ0v) is 17.4. The smallest absolute Gasteiger partial charge is 0.338 e. The quantitative estimate of drug-likeness (QED) is 0.511. The van der Waals surface area contributed by atoms with Crippen LogP contribution in [0.3, 0.4) is 0 Å². The minimum absolute atomic E-state index is 0.186. The Labute approximate surface area is 160 Å². The van der Waals surface area contributed by atoms with Gasteiger partial charge in [-0.1, -0.05) is 0 Å². The van der Waals surface area contributed by atoms with Gasteiger partial charge in [0.25, 0.3) is 5.91 Å². The van der Waals surface area contributed by atoms with Gasteiger partial charge < -0.3 is 19.4 Å². The number of hydroxylamine groups is 2. The van der Waals surface area contributed by atoms with Crippen LogP contribution in [0.2, 0.25) is 0 Å². The van der Waals surface area contributed by atoms with Gasteiger partial charge in [-0.25, -0.2) is 4.79 Å². The predicted molar refractivity (Wildman–Crippen MR) is 100 cm³/mol. The molecule has 26 heavy (non-hydrogen) atoms. The second-order valence-corrected chi connectivity index (χ2v) is 8.70. The number of carbonyl (C=O) groups is 2. The topological polar surface area (TPSA) is 85.3 Å². The maximum Gasteiger partial charge on any atom is 0.338 e. The summed E-state index contributed by atoms with van der Waals surface area (Å²) >= 11 is 1.75. The number of rotatable bonds is 12. The van der Waals surface area contributed by atoms with Gasteiger partial charge in [0.1, 0.15) is 0 Å². The van der Waals surface area contributed by atoms with Crippen LogP contribution in [0.1, 0.15) is 53.4 Å². The molecule has 0 aromatic carbocycles. The monoisotopic (exact) mass is 391 g/mol. The molecule has 152 valence electrons. The van der Waals surface area contributed by atoms with Gasteiger partial charge in [-0.15, -0.1) is 5.06 Å². The summed E-state index contributed by atoms with van der Waals surface area (Å²) in [5, 5.41) is 10.5. The molecule has 0 spiro atoms. The number of nitrogens with zero attached hydrogens (tertiary/aromatic N) is 1. The summed E-state index contributed by atoms with van der Waals surface area (Å²) in [6.45, 7) is 9.22. The van der Waals surface area contributed by atoms with Crippen LogP contribution in [-0.2, 0) is 23.9 Å². The standard InChI is InChI=1S/C18H33NO6S/c1-17(2,16(22)25-19-14(20)6-7-15(19)21)8-11-24-18(3,4)9-10-23-12-13-26-5/h14,20H,6-13H2,1-5H3. The summed E-state index contributed by atoms with van der Waals surface area (Å²) in [4.78, 5) is 29.0. The van der Waals surface area contributed by atoms with E-state index >= 15 is 0 Å².